The predicted molar refractivity (Wildman–Crippen MR) is 156 cm³/mol. The summed E-state index contributed by atoms with van der Waals surface area (Å²) in [5.41, 5.74) is 4.97. The standard InChI is InChI=1S/C32H35N3O7/c1-5-12-35(4)15-16-6-8-17(9-7-16)19-10-11-22(36)24-20(19)13-18-14-21-26(34(2)3)28(38)25(31(33)41)30(40)32(21,42)29(39)23(18)27(24)37/h5-11,18,21,26,36,38-39,42H,1,12-15H2,2-4H3,(H2,33,41)/t18-,21-,26-,32-/m0/s1. The number of ketones is 2. The molecule has 0 aromatic heterocycles. The SMILES string of the molecule is C=CCN(C)Cc1ccc(-c2ccc(O)c3c2C[C@H]2C[C@H]4[C@H](N(C)C)C(O)=C(C(N)=O)C(=O)[C@@]4(O)C(O)=C2C3=O)cc1. The number of fused-ring (bicyclic) bond motifs is 3. The third-order valence-electron chi connectivity index (χ3n) is 8.76. The molecule has 5 rings (SSSR count). The van der Waals surface area contributed by atoms with Crippen LogP contribution < -0.4 is 5.73 Å². The number of allylic oxidation sites excluding steroid dienone is 1. The number of nitrogens with zero attached hydrogens (tertiary/aromatic N) is 2. The molecule has 0 unspecified atom stereocenters. The maximum atomic E-state index is 13.9. The number of Topliss-reactive ketones (excluding diaryl/α,β-unsaturated/α-hetero) is 2. The van der Waals surface area contributed by atoms with Crippen LogP contribution in [0.1, 0.15) is 27.9 Å². The van der Waals surface area contributed by atoms with Crippen molar-refractivity contribution in [2.75, 3.05) is 27.7 Å². The monoisotopic (exact) mass is 573 g/mol. The summed E-state index contributed by atoms with van der Waals surface area (Å²) in [6.07, 6.45) is 2.09. The number of phenolic OH excluding ortho intramolecular Hbond substituents is 1. The maximum Gasteiger partial charge on any atom is 0.255 e. The highest BCUT2D eigenvalue weighted by Crippen LogP contribution is 2.53. The van der Waals surface area contributed by atoms with E-state index in [0.717, 1.165) is 29.8 Å². The topological polar surface area (TPSA) is 165 Å². The molecule has 0 bridgehead atoms. The fraction of sp³-hybridized carbons (Fsp3) is 0.344. The summed E-state index contributed by atoms with van der Waals surface area (Å²) in [4.78, 5) is 43.2. The van der Waals surface area contributed by atoms with Gasteiger partial charge in [-0.1, -0.05) is 36.4 Å². The molecule has 42 heavy (non-hydrogen) atoms. The number of aromatic hydroxyl groups is 1. The minimum absolute atomic E-state index is 0.0110. The number of hydrogen-bond donors (Lipinski definition) is 5. The molecule has 0 radical (unpaired) electrons. The molecule has 10 nitrogen and oxygen atoms in total. The lowest BCUT2D eigenvalue weighted by Crippen LogP contribution is -2.63. The number of nitrogens with two attached hydrogens (primary N) is 1. The third-order valence-corrected chi connectivity index (χ3v) is 8.76. The van der Waals surface area contributed by atoms with E-state index in [1.54, 1.807) is 20.2 Å². The molecule has 0 saturated heterocycles. The van der Waals surface area contributed by atoms with Crippen LogP contribution in [0.2, 0.25) is 0 Å². The molecule has 3 aliphatic carbocycles. The van der Waals surface area contributed by atoms with Gasteiger partial charge in [-0.05, 0) is 68.2 Å². The smallest absolute Gasteiger partial charge is 0.255 e. The number of benzene rings is 2. The summed E-state index contributed by atoms with van der Waals surface area (Å²) < 4.78 is 0. The highest BCUT2D eigenvalue weighted by molar-refractivity contribution is 6.24. The van der Waals surface area contributed by atoms with Gasteiger partial charge in [-0.15, -0.1) is 6.58 Å². The second-order valence-electron chi connectivity index (χ2n) is 11.6. The van der Waals surface area contributed by atoms with Gasteiger partial charge < -0.3 is 26.2 Å². The zero-order chi connectivity index (χ0) is 30.7. The molecule has 2 aromatic carbocycles. The number of hydrogen-bond acceptors (Lipinski definition) is 9. The fourth-order valence-corrected chi connectivity index (χ4v) is 6.91. The zero-order valence-corrected chi connectivity index (χ0v) is 23.8. The summed E-state index contributed by atoms with van der Waals surface area (Å²) in [7, 11) is 5.19. The quantitative estimate of drug-likeness (QED) is 0.247. The zero-order valence-electron chi connectivity index (χ0n) is 23.8. The largest absolute Gasteiger partial charge is 0.510 e. The van der Waals surface area contributed by atoms with Gasteiger partial charge in [-0.2, -0.15) is 0 Å². The Morgan fingerprint density at radius 2 is 1.76 bits per heavy atom. The van der Waals surface area contributed by atoms with Crippen LogP contribution in [0, 0.1) is 11.8 Å². The minimum atomic E-state index is -2.66. The Morgan fingerprint density at radius 3 is 2.36 bits per heavy atom. The Kier molecular flexibility index (Phi) is 7.34. The number of aliphatic hydroxyl groups excluding tert-OH is 2. The van der Waals surface area contributed by atoms with Crippen molar-refractivity contribution in [3.05, 3.63) is 88.4 Å². The van der Waals surface area contributed by atoms with Crippen molar-refractivity contribution in [3.63, 3.8) is 0 Å². The molecular formula is C32H35N3O7. The molecule has 10 heteroatoms. The van der Waals surface area contributed by atoms with E-state index >= 15 is 0 Å². The molecule has 4 atom stereocenters. The first-order valence-corrected chi connectivity index (χ1v) is 13.7. The number of amides is 1. The Hall–Kier alpha value is -4.25. The summed E-state index contributed by atoms with van der Waals surface area (Å²) in [6.45, 7) is 5.23. The van der Waals surface area contributed by atoms with Crippen molar-refractivity contribution < 1.29 is 34.8 Å². The summed E-state index contributed by atoms with van der Waals surface area (Å²) in [6, 6.07) is 10.0. The van der Waals surface area contributed by atoms with Crippen LogP contribution >= 0.6 is 0 Å². The summed E-state index contributed by atoms with van der Waals surface area (Å²) in [5, 5.41) is 44.9. The Morgan fingerprint density at radius 1 is 1.10 bits per heavy atom. The third kappa shape index (κ3) is 4.34. The first kappa shape index (κ1) is 29.2. The van der Waals surface area contributed by atoms with Crippen LogP contribution in [0.25, 0.3) is 11.1 Å². The summed E-state index contributed by atoms with van der Waals surface area (Å²) >= 11 is 0. The molecule has 220 valence electrons. The van der Waals surface area contributed by atoms with Gasteiger partial charge in [-0.25, -0.2) is 0 Å². The van der Waals surface area contributed by atoms with Crippen LogP contribution in [-0.4, -0.2) is 87.0 Å². The van der Waals surface area contributed by atoms with E-state index in [1.807, 2.05) is 37.4 Å². The van der Waals surface area contributed by atoms with Gasteiger partial charge in [0.2, 0.25) is 5.78 Å². The highest BCUT2D eigenvalue weighted by atomic mass is 16.3. The molecular weight excluding hydrogens is 538 g/mol. The Balaban J connectivity index is 1.61. The number of phenols is 1. The van der Waals surface area contributed by atoms with E-state index in [0.29, 0.717) is 5.56 Å². The van der Waals surface area contributed by atoms with Crippen LogP contribution in [0.5, 0.6) is 5.75 Å². The lowest BCUT2D eigenvalue weighted by atomic mass is 9.58. The number of likely N-dealkylation sites (N-methyl/N-ethyl adjacent to an activating group) is 2. The van der Waals surface area contributed by atoms with Crippen molar-refractivity contribution in [2.24, 2.45) is 17.6 Å². The van der Waals surface area contributed by atoms with E-state index in [1.165, 1.54) is 11.0 Å². The average Bonchev–Trinajstić information content (AvgIpc) is 2.91. The molecule has 0 aliphatic heterocycles. The fourth-order valence-electron chi connectivity index (χ4n) is 6.91. The Bertz CT molecular complexity index is 1570. The van der Waals surface area contributed by atoms with Crippen molar-refractivity contribution in [1.82, 2.24) is 9.80 Å². The number of carbonyl (C=O) groups excluding carboxylic acids is 3. The second-order valence-corrected chi connectivity index (χ2v) is 11.6. The van der Waals surface area contributed by atoms with Crippen molar-refractivity contribution in [2.45, 2.75) is 31.0 Å². The molecule has 2 aromatic rings. The van der Waals surface area contributed by atoms with Crippen LogP contribution in [0.3, 0.4) is 0 Å². The van der Waals surface area contributed by atoms with Gasteiger partial charge in [0.05, 0.1) is 11.6 Å². The van der Waals surface area contributed by atoms with Crippen LogP contribution in [0.15, 0.2) is 71.7 Å². The molecule has 1 amide bonds. The van der Waals surface area contributed by atoms with Gasteiger partial charge >= 0.3 is 0 Å². The first-order valence-electron chi connectivity index (χ1n) is 13.7. The van der Waals surface area contributed by atoms with E-state index in [4.69, 9.17) is 5.73 Å². The highest BCUT2D eigenvalue weighted by Gasteiger charge is 2.63. The van der Waals surface area contributed by atoms with E-state index in [2.05, 4.69) is 11.5 Å². The number of primary amides is 1. The maximum absolute atomic E-state index is 13.9. The lowest BCUT2D eigenvalue weighted by Gasteiger charge is -2.50. The second kappa shape index (κ2) is 10.5. The van der Waals surface area contributed by atoms with E-state index in [-0.39, 0.29) is 29.7 Å². The molecule has 6 N–H and O–H groups in total. The molecule has 3 aliphatic rings. The molecule has 0 saturated carbocycles. The lowest BCUT2D eigenvalue weighted by molar-refractivity contribution is -0.148. The molecule has 0 fully saturated rings. The number of aliphatic hydroxyl groups is 3. The van der Waals surface area contributed by atoms with Gasteiger partial charge in [0.15, 0.2) is 11.4 Å². The number of rotatable bonds is 7. The number of carbonyl (C=O) groups is 3. The normalized spacial score (nSPS) is 25.4. The molecule has 0 heterocycles. The van der Waals surface area contributed by atoms with Gasteiger partial charge in [0.25, 0.3) is 5.91 Å². The minimum Gasteiger partial charge on any atom is -0.510 e. The van der Waals surface area contributed by atoms with Crippen molar-refractivity contribution in [1.29, 1.82) is 0 Å². The van der Waals surface area contributed by atoms with Crippen LogP contribution in [0.4, 0.5) is 0 Å². The van der Waals surface area contributed by atoms with Gasteiger partial charge in [-0.3, -0.25) is 24.2 Å². The average molecular weight is 574 g/mol. The van der Waals surface area contributed by atoms with E-state index in [9.17, 15) is 34.8 Å². The molecule has 0 spiro atoms. The van der Waals surface area contributed by atoms with E-state index < -0.39 is 58.0 Å². The van der Waals surface area contributed by atoms with Crippen molar-refractivity contribution >= 4 is 17.5 Å². The van der Waals surface area contributed by atoms with Gasteiger partial charge in [0.1, 0.15) is 22.8 Å². The van der Waals surface area contributed by atoms with Crippen LogP contribution in [-0.2, 0) is 22.6 Å². The van der Waals surface area contributed by atoms with Gasteiger partial charge in [0, 0.05) is 24.6 Å². The predicted octanol–water partition coefficient (Wildman–Crippen LogP) is 2.41. The summed E-state index contributed by atoms with van der Waals surface area (Å²) in [5.74, 6) is -6.68. The van der Waals surface area contributed by atoms with Crippen molar-refractivity contribution in [3.8, 4) is 16.9 Å². The first-order chi connectivity index (χ1) is 19.8. The Labute approximate surface area is 243 Å².